The molecule has 1 rings (SSSR count). The van der Waals surface area contributed by atoms with Gasteiger partial charge in [-0.1, -0.05) is 78.4 Å². The highest BCUT2D eigenvalue weighted by atomic mass is 16.6. The number of carbonyl (C=O) groups excluding carboxylic acids is 2. The summed E-state index contributed by atoms with van der Waals surface area (Å²) >= 11 is 0. The maximum absolute atomic E-state index is 12.9. The molecular formula is C26H42O5. The maximum Gasteiger partial charge on any atom is 0.320 e. The van der Waals surface area contributed by atoms with Crippen LogP contribution < -0.4 is 0 Å². The summed E-state index contributed by atoms with van der Waals surface area (Å²) in [5.41, 5.74) is 0.785. The number of ether oxygens (including phenoxy) is 2. The van der Waals surface area contributed by atoms with E-state index in [9.17, 15) is 14.7 Å². The van der Waals surface area contributed by atoms with Gasteiger partial charge in [-0.25, -0.2) is 0 Å². The zero-order valence-electron chi connectivity index (χ0n) is 19.9. The first-order valence-electron chi connectivity index (χ1n) is 12.1. The molecule has 1 aromatic rings. The zero-order chi connectivity index (χ0) is 23.1. The minimum atomic E-state index is -0.989. The highest BCUT2D eigenvalue weighted by Gasteiger charge is 2.31. The lowest BCUT2D eigenvalue weighted by atomic mass is 9.98. The Balaban J connectivity index is 2.80. The van der Waals surface area contributed by atoms with E-state index in [2.05, 4.69) is 27.7 Å². The van der Waals surface area contributed by atoms with Crippen molar-refractivity contribution in [3.63, 3.8) is 0 Å². The number of rotatable bonds is 16. The topological polar surface area (TPSA) is 72.8 Å². The lowest BCUT2D eigenvalue weighted by Gasteiger charge is -2.20. The predicted octanol–water partition coefficient (Wildman–Crippen LogP) is 6.07. The Hall–Kier alpha value is -2.04. The van der Waals surface area contributed by atoms with E-state index in [4.69, 9.17) is 9.47 Å². The van der Waals surface area contributed by atoms with Gasteiger partial charge in [0.15, 0.2) is 5.92 Å². The summed E-state index contributed by atoms with van der Waals surface area (Å²) in [5, 5.41) is 9.51. The van der Waals surface area contributed by atoms with Gasteiger partial charge in [0.2, 0.25) is 0 Å². The van der Waals surface area contributed by atoms with E-state index in [1.807, 2.05) is 0 Å². The van der Waals surface area contributed by atoms with Gasteiger partial charge in [0.1, 0.15) is 5.75 Å². The second-order valence-corrected chi connectivity index (χ2v) is 8.52. The summed E-state index contributed by atoms with van der Waals surface area (Å²) in [6.07, 6.45) is 8.54. The lowest BCUT2D eigenvalue weighted by Crippen LogP contribution is -2.32. The average Bonchev–Trinajstić information content (AvgIpc) is 2.78. The highest BCUT2D eigenvalue weighted by Crippen LogP contribution is 2.20. The van der Waals surface area contributed by atoms with Gasteiger partial charge >= 0.3 is 11.9 Å². The lowest BCUT2D eigenvalue weighted by molar-refractivity contribution is -0.163. The number of hydrogen-bond acceptors (Lipinski definition) is 5. The smallest absolute Gasteiger partial charge is 0.320 e. The molecule has 0 saturated heterocycles. The maximum atomic E-state index is 12.9. The molecule has 2 atom stereocenters. The van der Waals surface area contributed by atoms with Crippen molar-refractivity contribution in [3.05, 3.63) is 29.8 Å². The van der Waals surface area contributed by atoms with Crippen LogP contribution in [0.25, 0.3) is 0 Å². The van der Waals surface area contributed by atoms with Crippen LogP contribution in [-0.4, -0.2) is 30.3 Å². The summed E-state index contributed by atoms with van der Waals surface area (Å²) in [4.78, 5) is 25.7. The van der Waals surface area contributed by atoms with Crippen LogP contribution in [0.15, 0.2) is 24.3 Å². The first kappa shape index (κ1) is 27.0. The number of unbranched alkanes of at least 4 members (excludes halogenated alkanes) is 2. The van der Waals surface area contributed by atoms with Gasteiger partial charge in [0, 0.05) is 0 Å². The van der Waals surface area contributed by atoms with Gasteiger partial charge < -0.3 is 14.6 Å². The minimum absolute atomic E-state index is 0.147. The number of hydrogen-bond donors (Lipinski definition) is 1. The van der Waals surface area contributed by atoms with Crippen molar-refractivity contribution in [2.75, 3.05) is 13.2 Å². The average molecular weight is 435 g/mol. The molecule has 0 aliphatic rings. The van der Waals surface area contributed by atoms with Crippen LogP contribution in [0.4, 0.5) is 0 Å². The molecule has 0 aliphatic heterocycles. The molecule has 1 N–H and O–H groups in total. The first-order chi connectivity index (χ1) is 14.9. The second-order valence-electron chi connectivity index (χ2n) is 8.52. The van der Waals surface area contributed by atoms with Crippen LogP contribution in [0.3, 0.4) is 0 Å². The van der Waals surface area contributed by atoms with Gasteiger partial charge in [-0.05, 0) is 48.8 Å². The monoisotopic (exact) mass is 434 g/mol. The van der Waals surface area contributed by atoms with E-state index < -0.39 is 17.9 Å². The Morgan fingerprint density at radius 1 is 0.806 bits per heavy atom. The molecule has 0 radical (unpaired) electrons. The van der Waals surface area contributed by atoms with Crippen molar-refractivity contribution in [1.82, 2.24) is 0 Å². The molecule has 0 aliphatic carbocycles. The molecule has 5 heteroatoms. The van der Waals surface area contributed by atoms with Crippen molar-refractivity contribution in [3.8, 4) is 5.75 Å². The second kappa shape index (κ2) is 15.7. The molecule has 0 bridgehead atoms. The Kier molecular flexibility index (Phi) is 13.7. The molecule has 2 unspecified atom stereocenters. The van der Waals surface area contributed by atoms with Crippen LogP contribution >= 0.6 is 0 Å². The summed E-state index contributed by atoms with van der Waals surface area (Å²) in [6, 6.07) is 6.54. The fourth-order valence-electron chi connectivity index (χ4n) is 3.53. The van der Waals surface area contributed by atoms with Gasteiger partial charge in [-0.3, -0.25) is 9.59 Å². The third kappa shape index (κ3) is 10.7. The summed E-state index contributed by atoms with van der Waals surface area (Å²) in [7, 11) is 0. The molecule has 0 spiro atoms. The van der Waals surface area contributed by atoms with Crippen LogP contribution in [0, 0.1) is 17.8 Å². The number of aromatic hydroxyl groups is 1. The number of phenolic OH excluding ortho intramolecular Hbond substituents is 1. The largest absolute Gasteiger partial charge is 0.508 e. The third-order valence-corrected chi connectivity index (χ3v) is 5.95. The van der Waals surface area contributed by atoms with Crippen LogP contribution in [0.1, 0.15) is 84.6 Å². The molecule has 0 heterocycles. The Labute approximate surface area is 188 Å². The molecule has 0 aromatic heterocycles. The van der Waals surface area contributed by atoms with E-state index >= 15 is 0 Å². The summed E-state index contributed by atoms with van der Waals surface area (Å²) < 4.78 is 11.2. The fourth-order valence-corrected chi connectivity index (χ4v) is 3.53. The number of carbonyl (C=O) groups is 2. The molecule has 0 saturated carbocycles. The molecule has 176 valence electrons. The quantitative estimate of drug-likeness (QED) is 0.252. The molecule has 5 nitrogen and oxygen atoms in total. The van der Waals surface area contributed by atoms with E-state index in [1.54, 1.807) is 24.3 Å². The zero-order valence-corrected chi connectivity index (χ0v) is 19.9. The van der Waals surface area contributed by atoms with E-state index in [0.717, 1.165) is 56.9 Å². The van der Waals surface area contributed by atoms with E-state index in [-0.39, 0.29) is 12.2 Å². The van der Waals surface area contributed by atoms with E-state index in [0.29, 0.717) is 25.0 Å². The summed E-state index contributed by atoms with van der Waals surface area (Å²) in [6.45, 7) is 9.15. The summed E-state index contributed by atoms with van der Waals surface area (Å²) in [5.74, 6) is -1.25. The number of phenols is 1. The molecule has 1 aromatic carbocycles. The number of esters is 2. The predicted molar refractivity (Wildman–Crippen MR) is 124 cm³/mol. The SMILES string of the molecule is CCCCC(CC)COC(=O)C(Cc1ccc(O)cc1)C(=O)OCC(CC)CCCC. The number of benzene rings is 1. The fraction of sp³-hybridized carbons (Fsp3) is 0.692. The van der Waals surface area contributed by atoms with Crippen LogP contribution in [0.2, 0.25) is 0 Å². The molecular weight excluding hydrogens is 392 g/mol. The van der Waals surface area contributed by atoms with Crippen molar-refractivity contribution in [2.24, 2.45) is 17.8 Å². The Morgan fingerprint density at radius 2 is 1.26 bits per heavy atom. The van der Waals surface area contributed by atoms with Crippen molar-refractivity contribution >= 4 is 11.9 Å². The van der Waals surface area contributed by atoms with Crippen LogP contribution in [-0.2, 0) is 25.5 Å². The molecule has 0 amide bonds. The van der Waals surface area contributed by atoms with Crippen molar-refractivity contribution in [1.29, 1.82) is 0 Å². The molecule has 0 fully saturated rings. The van der Waals surface area contributed by atoms with Crippen LogP contribution in [0.5, 0.6) is 5.75 Å². The first-order valence-corrected chi connectivity index (χ1v) is 12.1. The Morgan fingerprint density at radius 3 is 1.65 bits per heavy atom. The normalized spacial score (nSPS) is 13.9. The van der Waals surface area contributed by atoms with Gasteiger partial charge in [0.05, 0.1) is 13.2 Å². The molecule has 31 heavy (non-hydrogen) atoms. The van der Waals surface area contributed by atoms with Gasteiger partial charge in [-0.15, -0.1) is 0 Å². The van der Waals surface area contributed by atoms with Crippen molar-refractivity contribution < 1.29 is 24.2 Å². The van der Waals surface area contributed by atoms with Gasteiger partial charge in [-0.2, -0.15) is 0 Å². The van der Waals surface area contributed by atoms with Crippen molar-refractivity contribution in [2.45, 2.75) is 85.5 Å². The van der Waals surface area contributed by atoms with E-state index in [1.165, 1.54) is 0 Å². The minimum Gasteiger partial charge on any atom is -0.508 e. The standard InChI is InChI=1S/C26H42O5/c1-5-9-11-20(7-3)18-30-25(28)24(17-22-13-15-23(27)16-14-22)26(29)31-19-21(8-4)12-10-6-2/h13-16,20-21,24,27H,5-12,17-19H2,1-4H3. The Bertz CT molecular complexity index is 593. The third-order valence-electron chi connectivity index (χ3n) is 5.95. The highest BCUT2D eigenvalue weighted by molar-refractivity contribution is 5.95. The van der Waals surface area contributed by atoms with Gasteiger partial charge in [0.25, 0.3) is 0 Å².